The lowest BCUT2D eigenvalue weighted by molar-refractivity contribution is -0.114. The van der Waals surface area contributed by atoms with Gasteiger partial charge in [-0.25, -0.2) is 0 Å². The van der Waals surface area contributed by atoms with E-state index in [1.54, 1.807) is 6.07 Å². The predicted molar refractivity (Wildman–Crippen MR) is 83.3 cm³/mol. The molecule has 0 saturated carbocycles. The maximum Gasteiger partial charge on any atom is 0.299 e. The Hall–Kier alpha value is -2.68. The second-order valence-electron chi connectivity index (χ2n) is 5.08. The van der Waals surface area contributed by atoms with Crippen LogP contribution in [0.15, 0.2) is 54.6 Å². The van der Waals surface area contributed by atoms with Crippen LogP contribution in [0.1, 0.15) is 21.5 Å². The van der Waals surface area contributed by atoms with Gasteiger partial charge < -0.3 is 4.90 Å². The highest BCUT2D eigenvalue weighted by Gasteiger charge is 2.34. The van der Waals surface area contributed by atoms with E-state index in [-0.39, 0.29) is 0 Å². The van der Waals surface area contributed by atoms with Gasteiger partial charge in [0.1, 0.15) is 0 Å². The molecule has 0 aromatic heterocycles. The highest BCUT2D eigenvalue weighted by Crippen LogP contribution is 2.29. The van der Waals surface area contributed by atoms with Crippen molar-refractivity contribution < 1.29 is 9.59 Å². The summed E-state index contributed by atoms with van der Waals surface area (Å²) in [5.41, 5.74) is 3.26. The van der Waals surface area contributed by atoms with Gasteiger partial charge in [0, 0.05) is 6.54 Å². The van der Waals surface area contributed by atoms with Gasteiger partial charge in [-0.3, -0.25) is 9.59 Å². The number of benzene rings is 2. The van der Waals surface area contributed by atoms with Crippen molar-refractivity contribution in [1.82, 2.24) is 0 Å². The van der Waals surface area contributed by atoms with E-state index < -0.39 is 11.7 Å². The first kappa shape index (κ1) is 13.3. The van der Waals surface area contributed by atoms with Gasteiger partial charge in [0.25, 0.3) is 11.7 Å². The fraction of sp³-hybridized carbons (Fsp3) is 0.111. The van der Waals surface area contributed by atoms with E-state index in [4.69, 9.17) is 0 Å². The van der Waals surface area contributed by atoms with Crippen LogP contribution in [0.5, 0.6) is 0 Å². The number of anilines is 1. The highest BCUT2D eigenvalue weighted by atomic mass is 16.2. The average molecular weight is 277 g/mol. The molecule has 1 aliphatic rings. The number of ketones is 1. The van der Waals surface area contributed by atoms with E-state index in [0.29, 0.717) is 17.8 Å². The Bertz CT molecular complexity index is 732. The van der Waals surface area contributed by atoms with E-state index in [0.717, 1.165) is 11.1 Å². The van der Waals surface area contributed by atoms with Crippen LogP contribution < -0.4 is 4.90 Å². The Morgan fingerprint density at radius 3 is 2.57 bits per heavy atom. The second-order valence-corrected chi connectivity index (χ2v) is 5.08. The molecule has 0 fully saturated rings. The quantitative estimate of drug-likeness (QED) is 0.808. The summed E-state index contributed by atoms with van der Waals surface area (Å²) in [5, 5.41) is 0. The number of aryl methyl sites for hydroxylation is 1. The van der Waals surface area contributed by atoms with Crippen molar-refractivity contribution in [1.29, 1.82) is 0 Å². The van der Waals surface area contributed by atoms with Gasteiger partial charge >= 0.3 is 0 Å². The van der Waals surface area contributed by atoms with Crippen LogP contribution >= 0.6 is 0 Å². The zero-order valence-electron chi connectivity index (χ0n) is 11.7. The third-order valence-corrected chi connectivity index (χ3v) is 3.52. The summed E-state index contributed by atoms with van der Waals surface area (Å²) in [6, 6.07) is 15.4. The molecule has 0 bridgehead atoms. The van der Waals surface area contributed by atoms with Gasteiger partial charge in [-0.2, -0.15) is 0 Å². The van der Waals surface area contributed by atoms with Crippen LogP contribution in [0.4, 0.5) is 5.69 Å². The molecule has 0 N–H and O–H groups in total. The number of hydrogen-bond donors (Lipinski definition) is 0. The van der Waals surface area contributed by atoms with Crippen LogP contribution in [0.25, 0.3) is 6.08 Å². The summed E-state index contributed by atoms with van der Waals surface area (Å²) in [7, 11) is 0. The molecular weight excluding hydrogens is 262 g/mol. The Labute approximate surface area is 123 Å². The molecule has 104 valence electrons. The summed E-state index contributed by atoms with van der Waals surface area (Å²) in [6.07, 6.45) is 3.85. The first-order valence-electron chi connectivity index (χ1n) is 6.85. The molecule has 0 aliphatic carbocycles. The van der Waals surface area contributed by atoms with E-state index in [9.17, 15) is 9.59 Å². The zero-order chi connectivity index (χ0) is 14.8. The third-order valence-electron chi connectivity index (χ3n) is 3.52. The Morgan fingerprint density at radius 1 is 1.05 bits per heavy atom. The minimum absolute atomic E-state index is 0.398. The first-order chi connectivity index (χ1) is 10.2. The molecule has 0 spiro atoms. The first-order valence-corrected chi connectivity index (χ1v) is 6.85. The third kappa shape index (κ3) is 2.50. The molecule has 3 heteroatoms. The fourth-order valence-electron chi connectivity index (χ4n) is 2.45. The lowest BCUT2D eigenvalue weighted by Crippen LogP contribution is -2.29. The van der Waals surface area contributed by atoms with Gasteiger partial charge in [0.2, 0.25) is 0 Å². The Balaban J connectivity index is 1.82. The normalized spacial score (nSPS) is 14.0. The molecule has 0 atom stereocenters. The second kappa shape index (κ2) is 5.37. The summed E-state index contributed by atoms with van der Waals surface area (Å²) in [6.45, 7) is 2.31. The van der Waals surface area contributed by atoms with E-state index >= 15 is 0 Å². The molecule has 0 saturated heterocycles. The molecular formula is C18H15NO2. The summed E-state index contributed by atoms with van der Waals surface area (Å²) < 4.78 is 0. The van der Waals surface area contributed by atoms with Crippen molar-refractivity contribution in [2.75, 3.05) is 11.4 Å². The Kier molecular flexibility index (Phi) is 3.40. The maximum atomic E-state index is 12.1. The highest BCUT2D eigenvalue weighted by molar-refractivity contribution is 6.52. The molecule has 2 aromatic carbocycles. The van der Waals surface area contributed by atoms with Crippen LogP contribution in [0.2, 0.25) is 0 Å². The number of carbonyl (C=O) groups is 2. The van der Waals surface area contributed by atoms with E-state index in [1.807, 2.05) is 61.5 Å². The van der Waals surface area contributed by atoms with Crippen molar-refractivity contribution in [2.24, 2.45) is 0 Å². The molecule has 0 radical (unpaired) electrons. The lowest BCUT2D eigenvalue weighted by atomic mass is 10.1. The minimum Gasteiger partial charge on any atom is -0.301 e. The lowest BCUT2D eigenvalue weighted by Gasteiger charge is -2.13. The van der Waals surface area contributed by atoms with Crippen molar-refractivity contribution in [3.8, 4) is 0 Å². The molecule has 1 amide bonds. The number of amides is 1. The van der Waals surface area contributed by atoms with Crippen LogP contribution in [0.3, 0.4) is 0 Å². The maximum absolute atomic E-state index is 12.1. The standard InChI is InChI=1S/C18H15NO2/c1-13-9-10-16-15(12-13)17(20)18(21)19(16)11-5-8-14-6-3-2-4-7-14/h2-10,12H,11H2,1H3/b8-5+. The topological polar surface area (TPSA) is 37.4 Å². The molecule has 0 unspecified atom stereocenters. The number of Topliss-reactive ketones (excluding diaryl/α,β-unsaturated/α-hetero) is 1. The number of carbonyl (C=O) groups excluding carboxylic acids is 2. The van der Waals surface area contributed by atoms with Gasteiger partial charge in [-0.15, -0.1) is 0 Å². The van der Waals surface area contributed by atoms with Crippen molar-refractivity contribution in [3.05, 3.63) is 71.3 Å². The molecule has 21 heavy (non-hydrogen) atoms. The number of nitrogens with zero attached hydrogens (tertiary/aromatic N) is 1. The summed E-state index contributed by atoms with van der Waals surface area (Å²) in [5.74, 6) is -0.866. The monoisotopic (exact) mass is 277 g/mol. The predicted octanol–water partition coefficient (Wildman–Crippen LogP) is 3.24. The molecule has 3 rings (SSSR count). The SMILES string of the molecule is Cc1ccc2c(c1)C(=O)C(=O)N2C/C=C/c1ccccc1. The minimum atomic E-state index is -0.451. The van der Waals surface area contributed by atoms with Crippen LogP contribution in [0, 0.1) is 6.92 Å². The van der Waals surface area contributed by atoms with Gasteiger partial charge in [-0.05, 0) is 24.6 Å². The average Bonchev–Trinajstić information content (AvgIpc) is 2.73. The van der Waals surface area contributed by atoms with Crippen molar-refractivity contribution >= 4 is 23.5 Å². The van der Waals surface area contributed by atoms with Crippen molar-refractivity contribution in [2.45, 2.75) is 6.92 Å². The van der Waals surface area contributed by atoms with Crippen molar-refractivity contribution in [3.63, 3.8) is 0 Å². The molecule has 1 aliphatic heterocycles. The van der Waals surface area contributed by atoms with Gasteiger partial charge in [-0.1, -0.05) is 54.1 Å². The van der Waals surface area contributed by atoms with Crippen LogP contribution in [-0.4, -0.2) is 18.2 Å². The van der Waals surface area contributed by atoms with E-state index in [2.05, 4.69) is 0 Å². The van der Waals surface area contributed by atoms with E-state index in [1.165, 1.54) is 4.90 Å². The number of hydrogen-bond acceptors (Lipinski definition) is 2. The fourth-order valence-corrected chi connectivity index (χ4v) is 2.45. The van der Waals surface area contributed by atoms with Gasteiger partial charge in [0.15, 0.2) is 0 Å². The molecule has 3 nitrogen and oxygen atoms in total. The zero-order valence-corrected chi connectivity index (χ0v) is 11.7. The summed E-state index contributed by atoms with van der Waals surface area (Å²) >= 11 is 0. The Morgan fingerprint density at radius 2 is 1.81 bits per heavy atom. The summed E-state index contributed by atoms with van der Waals surface area (Å²) in [4.78, 5) is 25.6. The van der Waals surface area contributed by atoms with Gasteiger partial charge in [0.05, 0.1) is 11.3 Å². The molecule has 2 aromatic rings. The molecule has 1 heterocycles. The largest absolute Gasteiger partial charge is 0.301 e. The number of fused-ring (bicyclic) bond motifs is 1. The number of rotatable bonds is 3. The van der Waals surface area contributed by atoms with Crippen LogP contribution in [-0.2, 0) is 4.79 Å². The smallest absolute Gasteiger partial charge is 0.299 e.